The smallest absolute Gasteiger partial charge is 0.0995 e. The molecule has 0 amide bonds. The second-order valence-corrected chi connectivity index (χ2v) is 16.6. The van der Waals surface area contributed by atoms with Crippen LogP contribution in [0.25, 0.3) is 122 Å². The molecule has 14 rings (SSSR count). The van der Waals surface area contributed by atoms with E-state index in [1.165, 1.54) is 44.0 Å². The van der Waals surface area contributed by atoms with Crippen LogP contribution in [0.2, 0.25) is 0 Å². The molecule has 7 heteroatoms. The third-order valence-electron chi connectivity index (χ3n) is 13.2. The Hall–Kier alpha value is -8.42. The van der Waals surface area contributed by atoms with Crippen molar-refractivity contribution in [3.05, 3.63) is 194 Å². The Balaban J connectivity index is 1.06. The van der Waals surface area contributed by atoms with Crippen LogP contribution in [0.3, 0.4) is 0 Å². The van der Waals surface area contributed by atoms with Gasteiger partial charge in [0.2, 0.25) is 0 Å². The molecule has 0 fully saturated rings. The SMILES string of the molecule is C1=Cc2c(c3ccccc3n2-c2ccc3c4cc(-n5c6ccccc6c6ccccc65)ccc4n(-c4cnc5c(c4)c4nccnc4c4ccc(-c6ccccc6)nc45)c3c2)CC1. The minimum absolute atomic E-state index is 0.798. The van der Waals surface area contributed by atoms with Crippen molar-refractivity contribution in [1.29, 1.82) is 0 Å². The fourth-order valence-corrected chi connectivity index (χ4v) is 10.5. The summed E-state index contributed by atoms with van der Waals surface area (Å²) in [5, 5.41) is 7.96. The minimum Gasteiger partial charge on any atom is -0.310 e. The van der Waals surface area contributed by atoms with Crippen LogP contribution in [0.15, 0.2) is 182 Å². The number of nitrogens with zero attached hydrogens (tertiary/aromatic N) is 7. The van der Waals surface area contributed by atoms with E-state index in [0.29, 0.717) is 0 Å². The second-order valence-electron chi connectivity index (χ2n) is 16.6. The highest BCUT2D eigenvalue weighted by atomic mass is 15.0. The van der Waals surface area contributed by atoms with Gasteiger partial charge in [-0.2, -0.15) is 0 Å². The van der Waals surface area contributed by atoms with Crippen molar-refractivity contribution < 1.29 is 0 Å². The maximum atomic E-state index is 5.29. The largest absolute Gasteiger partial charge is 0.310 e. The van der Waals surface area contributed by atoms with Gasteiger partial charge in [0, 0.05) is 72.7 Å². The fourth-order valence-electron chi connectivity index (χ4n) is 10.5. The van der Waals surface area contributed by atoms with Crippen molar-refractivity contribution in [3.63, 3.8) is 0 Å². The average Bonchev–Trinajstić information content (AvgIpc) is 3.99. The Morgan fingerprint density at radius 2 is 0.984 bits per heavy atom. The predicted octanol–water partition coefficient (Wildman–Crippen LogP) is 13.5. The van der Waals surface area contributed by atoms with Crippen LogP contribution in [-0.4, -0.2) is 33.6 Å². The van der Waals surface area contributed by atoms with Crippen LogP contribution in [0.1, 0.15) is 17.7 Å². The molecular weight excluding hydrogens is 771 g/mol. The van der Waals surface area contributed by atoms with Gasteiger partial charge in [0.15, 0.2) is 0 Å². The van der Waals surface area contributed by atoms with Crippen LogP contribution in [-0.2, 0) is 6.42 Å². The molecule has 0 bridgehead atoms. The molecule has 6 heterocycles. The van der Waals surface area contributed by atoms with Gasteiger partial charge >= 0.3 is 0 Å². The summed E-state index contributed by atoms with van der Waals surface area (Å²) in [7, 11) is 0. The number of hydrogen-bond acceptors (Lipinski definition) is 4. The molecule has 0 saturated heterocycles. The number of pyridine rings is 2. The molecule has 0 spiro atoms. The maximum Gasteiger partial charge on any atom is 0.0995 e. The monoisotopic (exact) mass is 805 g/mol. The topological polar surface area (TPSA) is 66.3 Å². The Kier molecular flexibility index (Phi) is 7.10. The van der Waals surface area contributed by atoms with Crippen LogP contribution in [0.4, 0.5) is 0 Å². The number of aryl methyl sites for hydroxylation is 1. The van der Waals surface area contributed by atoms with Crippen molar-refractivity contribution in [3.8, 4) is 28.3 Å². The van der Waals surface area contributed by atoms with E-state index in [1.807, 2.05) is 24.4 Å². The third-order valence-corrected chi connectivity index (χ3v) is 13.2. The van der Waals surface area contributed by atoms with E-state index in [9.17, 15) is 0 Å². The summed E-state index contributed by atoms with van der Waals surface area (Å²) in [6.07, 6.45) is 12.2. The lowest BCUT2D eigenvalue weighted by Crippen LogP contribution is -2.01. The molecule has 7 nitrogen and oxygen atoms in total. The number of benzene rings is 7. The van der Waals surface area contributed by atoms with Gasteiger partial charge in [0.05, 0.1) is 67.2 Å². The van der Waals surface area contributed by atoms with E-state index >= 15 is 0 Å². The van der Waals surface area contributed by atoms with Crippen molar-refractivity contribution in [2.24, 2.45) is 0 Å². The summed E-state index contributed by atoms with van der Waals surface area (Å²) < 4.78 is 7.22. The zero-order chi connectivity index (χ0) is 41.2. The average molecular weight is 806 g/mol. The molecule has 0 unspecified atom stereocenters. The first kappa shape index (κ1) is 34.3. The summed E-state index contributed by atoms with van der Waals surface area (Å²) >= 11 is 0. The maximum absolute atomic E-state index is 5.29. The van der Waals surface area contributed by atoms with Gasteiger partial charge in [-0.25, -0.2) is 4.98 Å². The summed E-state index contributed by atoms with van der Waals surface area (Å²) in [4.78, 5) is 20.4. The summed E-state index contributed by atoms with van der Waals surface area (Å²) in [5.41, 5.74) is 16.8. The fraction of sp³-hybridized carbons (Fsp3) is 0.0357. The third kappa shape index (κ3) is 4.90. The number of allylic oxidation sites excluding steroid dienone is 1. The molecule has 1 aliphatic rings. The number of aromatic nitrogens is 7. The summed E-state index contributed by atoms with van der Waals surface area (Å²) in [6.45, 7) is 0. The highest BCUT2D eigenvalue weighted by molar-refractivity contribution is 6.21. The summed E-state index contributed by atoms with van der Waals surface area (Å²) in [6, 6.07) is 56.8. The van der Waals surface area contributed by atoms with Gasteiger partial charge in [0.25, 0.3) is 0 Å². The van der Waals surface area contributed by atoms with Gasteiger partial charge < -0.3 is 13.7 Å². The molecule has 294 valence electrons. The Morgan fingerprint density at radius 1 is 0.397 bits per heavy atom. The first-order valence-electron chi connectivity index (χ1n) is 21.5. The Labute approximate surface area is 360 Å². The zero-order valence-corrected chi connectivity index (χ0v) is 33.9. The van der Waals surface area contributed by atoms with E-state index in [1.54, 1.807) is 12.4 Å². The van der Waals surface area contributed by atoms with E-state index < -0.39 is 0 Å². The van der Waals surface area contributed by atoms with Gasteiger partial charge in [-0.05, 0) is 91.2 Å². The van der Waals surface area contributed by atoms with Crippen LogP contribution in [0.5, 0.6) is 0 Å². The Morgan fingerprint density at radius 3 is 1.78 bits per heavy atom. The molecule has 0 radical (unpaired) electrons. The lowest BCUT2D eigenvalue weighted by molar-refractivity contribution is 0.968. The van der Waals surface area contributed by atoms with Crippen LogP contribution >= 0.6 is 0 Å². The van der Waals surface area contributed by atoms with Gasteiger partial charge in [0.1, 0.15) is 0 Å². The molecule has 7 aromatic carbocycles. The standard InChI is InChI=1S/C56H35N7/c1-2-12-34(13-3-1)46-26-25-43-53-54(58-29-28-57-53)45-31-37(33-59-55(45)56(43)60-46)63-51-27-23-35(61-47-18-8-4-14-38(47)39-15-5-9-19-48(39)61)30-44(51)42-24-22-36(32-52(42)63)62-49-20-10-6-16-40(49)41-17-7-11-21-50(41)62/h1-6,8-16,18-33H,7,17H2. The summed E-state index contributed by atoms with van der Waals surface area (Å²) in [5.74, 6) is 0. The predicted molar refractivity (Wildman–Crippen MR) is 258 cm³/mol. The molecule has 0 saturated carbocycles. The number of fused-ring (bicyclic) bond motifs is 15. The second kappa shape index (κ2) is 13.0. The van der Waals surface area contributed by atoms with Gasteiger partial charge in [-0.3, -0.25) is 15.0 Å². The molecule has 0 N–H and O–H groups in total. The van der Waals surface area contributed by atoms with Crippen LogP contribution in [0, 0.1) is 0 Å². The van der Waals surface area contributed by atoms with E-state index in [4.69, 9.17) is 19.9 Å². The highest BCUT2D eigenvalue weighted by Gasteiger charge is 2.22. The molecule has 13 aromatic rings. The zero-order valence-electron chi connectivity index (χ0n) is 33.9. The lowest BCUT2D eigenvalue weighted by Gasteiger charge is -2.14. The number of para-hydroxylation sites is 3. The highest BCUT2D eigenvalue weighted by Crippen LogP contribution is 2.41. The molecule has 6 aromatic heterocycles. The van der Waals surface area contributed by atoms with Crippen molar-refractivity contribution in [2.75, 3.05) is 0 Å². The molecule has 0 atom stereocenters. The first-order chi connectivity index (χ1) is 31.3. The number of rotatable bonds is 4. The van der Waals surface area contributed by atoms with E-state index in [-0.39, 0.29) is 0 Å². The normalized spacial score (nSPS) is 12.9. The molecule has 63 heavy (non-hydrogen) atoms. The minimum atomic E-state index is 0.798. The van der Waals surface area contributed by atoms with Crippen molar-refractivity contribution in [1.82, 2.24) is 33.6 Å². The first-order valence-corrected chi connectivity index (χ1v) is 21.5. The van der Waals surface area contributed by atoms with Crippen molar-refractivity contribution >= 4 is 93.4 Å². The van der Waals surface area contributed by atoms with E-state index in [0.717, 1.165) is 95.8 Å². The quantitative estimate of drug-likeness (QED) is 0.166. The van der Waals surface area contributed by atoms with Crippen molar-refractivity contribution in [2.45, 2.75) is 12.8 Å². The Bertz CT molecular complexity index is 4040. The van der Waals surface area contributed by atoms with Gasteiger partial charge in [-0.15, -0.1) is 0 Å². The molecule has 0 aliphatic heterocycles. The lowest BCUT2D eigenvalue weighted by atomic mass is 10.0. The number of hydrogen-bond donors (Lipinski definition) is 0. The molecule has 1 aliphatic carbocycles. The molecular formula is C56H35N7. The van der Waals surface area contributed by atoms with Gasteiger partial charge in [-0.1, -0.05) is 97.1 Å². The van der Waals surface area contributed by atoms with E-state index in [2.05, 4.69) is 165 Å². The van der Waals surface area contributed by atoms with Crippen LogP contribution < -0.4 is 0 Å².